The minimum atomic E-state index is -0.425. The molecule has 0 unspecified atom stereocenters. The molecule has 0 spiro atoms. The molecule has 13 heavy (non-hydrogen) atoms. The van der Waals surface area contributed by atoms with Crippen molar-refractivity contribution in [1.82, 2.24) is 0 Å². The number of rotatable bonds is 3. The molecule has 0 aliphatic rings. The molecule has 4 N–H and O–H groups in total. The lowest BCUT2D eigenvalue weighted by atomic mass is 10.2. The van der Waals surface area contributed by atoms with Gasteiger partial charge in [0.1, 0.15) is 4.20 Å². The summed E-state index contributed by atoms with van der Waals surface area (Å²) in [5.74, 6) is 0. The highest BCUT2D eigenvalue weighted by Crippen LogP contribution is 2.40. The molecule has 0 amide bonds. The minimum absolute atomic E-state index is 0.425. The highest BCUT2D eigenvalue weighted by molar-refractivity contribution is 8.16. The lowest BCUT2D eigenvalue weighted by Crippen LogP contribution is -2.29. The number of anilines is 1. The zero-order valence-electron chi connectivity index (χ0n) is 7.78. The Kier molecular flexibility index (Phi) is 3.53. The molecular formula is C9H14N2S2. The maximum absolute atomic E-state index is 6.16. The average Bonchev–Trinajstić information content (AvgIpc) is 2.17. The van der Waals surface area contributed by atoms with Crippen LogP contribution >= 0.6 is 23.5 Å². The van der Waals surface area contributed by atoms with Crippen molar-refractivity contribution in [2.45, 2.75) is 4.20 Å². The van der Waals surface area contributed by atoms with Crippen LogP contribution in [0.5, 0.6) is 0 Å². The van der Waals surface area contributed by atoms with Crippen molar-refractivity contribution in [2.75, 3.05) is 18.2 Å². The van der Waals surface area contributed by atoms with Crippen molar-refractivity contribution in [3.05, 3.63) is 29.8 Å². The zero-order chi connectivity index (χ0) is 9.90. The van der Waals surface area contributed by atoms with Gasteiger partial charge in [0.2, 0.25) is 0 Å². The third-order valence-electron chi connectivity index (χ3n) is 1.94. The van der Waals surface area contributed by atoms with Crippen LogP contribution in [0, 0.1) is 0 Å². The Labute approximate surface area is 87.5 Å². The van der Waals surface area contributed by atoms with E-state index in [4.69, 9.17) is 11.5 Å². The molecule has 0 saturated carbocycles. The fourth-order valence-electron chi connectivity index (χ4n) is 1.12. The number of benzene rings is 1. The first kappa shape index (κ1) is 10.8. The molecule has 0 radical (unpaired) electrons. The second-order valence-corrected chi connectivity index (χ2v) is 5.03. The smallest absolute Gasteiger partial charge is 0.136 e. The fourth-order valence-corrected chi connectivity index (χ4v) is 2.60. The van der Waals surface area contributed by atoms with Crippen molar-refractivity contribution in [1.29, 1.82) is 0 Å². The van der Waals surface area contributed by atoms with Crippen LogP contribution in [0.2, 0.25) is 0 Å². The summed E-state index contributed by atoms with van der Waals surface area (Å²) in [6.07, 6.45) is 3.98. The molecule has 1 rings (SSSR count). The lowest BCUT2D eigenvalue weighted by molar-refractivity contribution is 0.960. The van der Waals surface area contributed by atoms with Gasteiger partial charge in [-0.25, -0.2) is 0 Å². The third-order valence-corrected chi connectivity index (χ3v) is 4.60. The van der Waals surface area contributed by atoms with Crippen molar-refractivity contribution in [3.63, 3.8) is 0 Å². The Hall–Kier alpha value is -0.320. The highest BCUT2D eigenvalue weighted by Gasteiger charge is 2.26. The summed E-state index contributed by atoms with van der Waals surface area (Å²) in [4.78, 5) is 0. The quantitative estimate of drug-likeness (QED) is 0.597. The summed E-state index contributed by atoms with van der Waals surface area (Å²) in [6, 6.07) is 7.73. The van der Waals surface area contributed by atoms with E-state index in [9.17, 15) is 0 Å². The zero-order valence-corrected chi connectivity index (χ0v) is 9.41. The summed E-state index contributed by atoms with van der Waals surface area (Å²) < 4.78 is -0.425. The average molecular weight is 214 g/mol. The predicted molar refractivity (Wildman–Crippen MR) is 63.7 cm³/mol. The van der Waals surface area contributed by atoms with Gasteiger partial charge in [0.25, 0.3) is 0 Å². The maximum atomic E-state index is 6.16. The van der Waals surface area contributed by atoms with Crippen molar-refractivity contribution in [2.24, 2.45) is 5.73 Å². The molecule has 0 atom stereocenters. The minimum Gasteiger partial charge on any atom is -0.398 e. The van der Waals surface area contributed by atoms with Gasteiger partial charge in [-0.3, -0.25) is 0 Å². The molecule has 4 heteroatoms. The van der Waals surface area contributed by atoms with Crippen LogP contribution in [-0.4, -0.2) is 12.5 Å². The normalized spacial score (nSPS) is 11.6. The predicted octanol–water partition coefficient (Wildman–Crippen LogP) is 2.06. The van der Waals surface area contributed by atoms with Gasteiger partial charge in [-0.2, -0.15) is 0 Å². The van der Waals surface area contributed by atoms with Crippen LogP contribution in [0.1, 0.15) is 5.56 Å². The first-order valence-corrected chi connectivity index (χ1v) is 6.33. The van der Waals surface area contributed by atoms with Crippen LogP contribution in [0.25, 0.3) is 0 Å². The summed E-state index contributed by atoms with van der Waals surface area (Å²) in [6.45, 7) is 0. The number of hydrogen-bond donors (Lipinski definition) is 2. The van der Waals surface area contributed by atoms with Crippen LogP contribution in [0.15, 0.2) is 24.3 Å². The highest BCUT2D eigenvalue weighted by atomic mass is 32.2. The number of nitrogens with two attached hydrogens (primary N) is 2. The van der Waals surface area contributed by atoms with Gasteiger partial charge in [0, 0.05) is 11.3 Å². The van der Waals surface area contributed by atoms with E-state index < -0.39 is 4.20 Å². The summed E-state index contributed by atoms with van der Waals surface area (Å²) >= 11 is 3.20. The SMILES string of the molecule is CSC(N)(SC)c1ccccc1N. The van der Waals surface area contributed by atoms with E-state index in [0.29, 0.717) is 0 Å². The van der Waals surface area contributed by atoms with Gasteiger partial charge >= 0.3 is 0 Å². The molecular weight excluding hydrogens is 200 g/mol. The molecule has 0 heterocycles. The van der Waals surface area contributed by atoms with Crippen LogP contribution in [-0.2, 0) is 4.20 Å². The Bertz CT molecular complexity index is 285. The van der Waals surface area contributed by atoms with E-state index >= 15 is 0 Å². The molecule has 1 aromatic carbocycles. The number of para-hydroxylation sites is 1. The summed E-state index contributed by atoms with van der Waals surface area (Å²) in [7, 11) is 0. The van der Waals surface area contributed by atoms with Crippen LogP contribution < -0.4 is 11.5 Å². The van der Waals surface area contributed by atoms with Crippen molar-refractivity contribution in [3.8, 4) is 0 Å². The van der Waals surface area contributed by atoms with E-state index in [1.165, 1.54) is 0 Å². The van der Waals surface area contributed by atoms with E-state index in [1.54, 1.807) is 23.5 Å². The molecule has 72 valence electrons. The molecule has 0 aromatic heterocycles. The number of hydrogen-bond acceptors (Lipinski definition) is 4. The topological polar surface area (TPSA) is 52.0 Å². The lowest BCUT2D eigenvalue weighted by Gasteiger charge is -2.26. The maximum Gasteiger partial charge on any atom is 0.136 e. The summed E-state index contributed by atoms with van der Waals surface area (Å²) in [5.41, 5.74) is 13.8. The monoisotopic (exact) mass is 214 g/mol. The molecule has 0 aliphatic carbocycles. The molecule has 0 fully saturated rings. The largest absolute Gasteiger partial charge is 0.398 e. The first-order chi connectivity index (χ1) is 6.14. The van der Waals surface area contributed by atoms with Gasteiger partial charge in [0.15, 0.2) is 0 Å². The van der Waals surface area contributed by atoms with E-state index in [-0.39, 0.29) is 0 Å². The standard InChI is InChI=1S/C9H14N2S2/c1-12-9(11,13-2)7-5-3-4-6-8(7)10/h3-6H,10-11H2,1-2H3. The van der Waals surface area contributed by atoms with Gasteiger partial charge in [-0.1, -0.05) is 18.2 Å². The second kappa shape index (κ2) is 4.26. The van der Waals surface area contributed by atoms with Gasteiger partial charge in [0.05, 0.1) is 0 Å². The van der Waals surface area contributed by atoms with Gasteiger partial charge in [-0.15, -0.1) is 23.5 Å². The molecule has 0 saturated heterocycles. The number of nitrogen functional groups attached to an aromatic ring is 1. The van der Waals surface area contributed by atoms with Gasteiger partial charge in [-0.05, 0) is 18.6 Å². The van der Waals surface area contributed by atoms with Gasteiger partial charge < -0.3 is 11.5 Å². The molecule has 2 nitrogen and oxygen atoms in total. The Morgan fingerprint density at radius 3 is 2.15 bits per heavy atom. The van der Waals surface area contributed by atoms with E-state index in [2.05, 4.69) is 0 Å². The molecule has 0 aliphatic heterocycles. The Balaban J connectivity index is 3.12. The third kappa shape index (κ3) is 2.13. The fraction of sp³-hybridized carbons (Fsp3) is 0.333. The number of thioether (sulfide) groups is 2. The van der Waals surface area contributed by atoms with E-state index in [0.717, 1.165) is 11.3 Å². The van der Waals surface area contributed by atoms with Crippen molar-refractivity contribution < 1.29 is 0 Å². The molecule has 1 aromatic rings. The Morgan fingerprint density at radius 2 is 1.69 bits per heavy atom. The van der Waals surface area contributed by atoms with E-state index in [1.807, 2.05) is 36.8 Å². The van der Waals surface area contributed by atoms with Crippen LogP contribution in [0.3, 0.4) is 0 Å². The Morgan fingerprint density at radius 1 is 1.15 bits per heavy atom. The first-order valence-electron chi connectivity index (χ1n) is 3.88. The van der Waals surface area contributed by atoms with Crippen LogP contribution in [0.4, 0.5) is 5.69 Å². The molecule has 0 bridgehead atoms. The van der Waals surface area contributed by atoms with Crippen molar-refractivity contribution >= 4 is 29.2 Å². The summed E-state index contributed by atoms with van der Waals surface area (Å²) in [5, 5.41) is 0. The second-order valence-electron chi connectivity index (χ2n) is 2.66.